The number of aryl methyl sites for hydroxylation is 1. The zero-order valence-electron chi connectivity index (χ0n) is 20.3. The van der Waals surface area contributed by atoms with Gasteiger partial charge < -0.3 is 26.4 Å². The van der Waals surface area contributed by atoms with Crippen LogP contribution in [-0.2, 0) is 6.42 Å². The molecule has 5 N–H and O–H groups in total. The number of ether oxygens (including phenoxy) is 1. The number of nitrogens with zero attached hydrogens (tertiary/aromatic N) is 3. The Morgan fingerprint density at radius 2 is 1.78 bits per heavy atom. The Bertz CT molecular complexity index is 1500. The van der Waals surface area contributed by atoms with Gasteiger partial charge in [0, 0.05) is 30.2 Å². The van der Waals surface area contributed by atoms with Gasteiger partial charge in [0.05, 0.1) is 35.0 Å². The molecule has 9 nitrogen and oxygen atoms in total. The van der Waals surface area contributed by atoms with Crippen LogP contribution in [0.15, 0.2) is 91.5 Å². The highest BCUT2D eigenvalue weighted by Gasteiger charge is 2.16. The summed E-state index contributed by atoms with van der Waals surface area (Å²) in [4.78, 5) is 16.6. The van der Waals surface area contributed by atoms with E-state index in [1.54, 1.807) is 29.3 Å². The molecule has 37 heavy (non-hydrogen) atoms. The fourth-order valence-electron chi connectivity index (χ4n) is 3.97. The van der Waals surface area contributed by atoms with Gasteiger partial charge in [-0.3, -0.25) is 4.98 Å². The number of anilines is 4. The molecule has 0 atom stereocenters. The summed E-state index contributed by atoms with van der Waals surface area (Å²) in [6, 6.07) is 20.8. The number of benzene rings is 2. The summed E-state index contributed by atoms with van der Waals surface area (Å²) in [5.74, 6) is 1.50. The number of hydrogen-bond donors (Lipinski definition) is 4. The zero-order valence-corrected chi connectivity index (χ0v) is 20.3. The van der Waals surface area contributed by atoms with E-state index < -0.39 is 0 Å². The first kappa shape index (κ1) is 23.7. The number of amides is 2. The van der Waals surface area contributed by atoms with Crippen molar-refractivity contribution in [1.29, 1.82) is 0 Å². The normalized spacial score (nSPS) is 10.7. The zero-order chi connectivity index (χ0) is 25.6. The van der Waals surface area contributed by atoms with Crippen molar-refractivity contribution in [2.24, 2.45) is 0 Å². The average molecular weight is 494 g/mol. The molecular weight excluding hydrogens is 466 g/mol. The van der Waals surface area contributed by atoms with Gasteiger partial charge in [0.25, 0.3) is 0 Å². The molecule has 0 saturated heterocycles. The van der Waals surface area contributed by atoms with Crippen molar-refractivity contribution in [3.8, 4) is 11.5 Å². The maximum absolute atomic E-state index is 12.5. The predicted octanol–water partition coefficient (Wildman–Crippen LogP) is 5.52. The molecule has 186 valence electrons. The molecule has 3 aromatic heterocycles. The standard InChI is InChI=1S/C28H27N7O2/c1-19-25(34-28(36)31-15-13-20-6-5-14-30-16-20)18-35-27(19)26(24(29)17-32-35)33-21-9-11-23(12-10-21)37-22-7-3-2-4-8-22/h2-12,14,16-18,33H,13,15,29H2,1H3,(H2,31,34,36). The number of nitrogen functional groups attached to an aromatic ring is 1. The van der Waals surface area contributed by atoms with Crippen LogP contribution in [0.5, 0.6) is 11.5 Å². The van der Waals surface area contributed by atoms with Crippen LogP contribution in [0.4, 0.5) is 27.5 Å². The van der Waals surface area contributed by atoms with E-state index in [1.165, 1.54) is 0 Å². The third kappa shape index (κ3) is 5.62. The van der Waals surface area contributed by atoms with Crippen molar-refractivity contribution in [1.82, 2.24) is 19.9 Å². The highest BCUT2D eigenvalue weighted by molar-refractivity contribution is 5.96. The lowest BCUT2D eigenvalue weighted by molar-refractivity contribution is 0.252. The minimum atomic E-state index is -0.292. The van der Waals surface area contributed by atoms with Crippen molar-refractivity contribution >= 4 is 34.3 Å². The van der Waals surface area contributed by atoms with Crippen LogP contribution < -0.4 is 26.4 Å². The smallest absolute Gasteiger partial charge is 0.319 e. The van der Waals surface area contributed by atoms with Crippen LogP contribution in [-0.4, -0.2) is 27.2 Å². The van der Waals surface area contributed by atoms with Gasteiger partial charge in [-0.05, 0) is 61.4 Å². The molecule has 9 heteroatoms. The molecule has 3 heterocycles. The molecule has 0 saturated carbocycles. The minimum absolute atomic E-state index is 0.292. The number of hydrogen-bond acceptors (Lipinski definition) is 6. The van der Waals surface area contributed by atoms with E-state index in [1.807, 2.05) is 73.7 Å². The van der Waals surface area contributed by atoms with Crippen molar-refractivity contribution in [3.63, 3.8) is 0 Å². The molecule has 5 rings (SSSR count). The lowest BCUT2D eigenvalue weighted by atomic mass is 10.2. The van der Waals surface area contributed by atoms with Gasteiger partial charge in [0.15, 0.2) is 0 Å². The average Bonchev–Trinajstić information content (AvgIpc) is 3.23. The highest BCUT2D eigenvalue weighted by Crippen LogP contribution is 2.34. The third-order valence-electron chi connectivity index (χ3n) is 5.86. The number of rotatable bonds is 8. The number of urea groups is 1. The summed E-state index contributed by atoms with van der Waals surface area (Å²) in [5.41, 5.74) is 11.6. The van der Waals surface area contributed by atoms with Gasteiger partial charge in [0.1, 0.15) is 11.5 Å². The van der Waals surface area contributed by atoms with Crippen LogP contribution in [0.25, 0.3) is 5.52 Å². The first-order chi connectivity index (χ1) is 18.1. The first-order valence-electron chi connectivity index (χ1n) is 11.9. The van der Waals surface area contributed by atoms with E-state index in [-0.39, 0.29) is 6.03 Å². The number of pyridine rings is 1. The molecule has 0 unspecified atom stereocenters. The molecular formula is C28H27N7O2. The Balaban J connectivity index is 1.29. The number of nitrogens with two attached hydrogens (primary N) is 1. The number of carbonyl (C=O) groups is 1. The minimum Gasteiger partial charge on any atom is -0.457 e. The summed E-state index contributed by atoms with van der Waals surface area (Å²) in [6.45, 7) is 2.41. The van der Waals surface area contributed by atoms with E-state index in [0.29, 0.717) is 30.0 Å². The fourth-order valence-corrected chi connectivity index (χ4v) is 3.97. The lowest BCUT2D eigenvalue weighted by Crippen LogP contribution is -2.30. The second-order valence-corrected chi connectivity index (χ2v) is 8.49. The fraction of sp³-hybridized carbons (Fsp3) is 0.107. The Hall–Kier alpha value is -5.05. The Labute approximate surface area is 214 Å². The summed E-state index contributed by atoms with van der Waals surface area (Å²) < 4.78 is 7.57. The maximum Gasteiger partial charge on any atom is 0.319 e. The Kier molecular flexibility index (Phi) is 6.84. The molecule has 0 aliphatic carbocycles. The summed E-state index contributed by atoms with van der Waals surface area (Å²) >= 11 is 0. The quantitative estimate of drug-likeness (QED) is 0.226. The second-order valence-electron chi connectivity index (χ2n) is 8.49. The van der Waals surface area contributed by atoms with Crippen LogP contribution in [0.3, 0.4) is 0 Å². The lowest BCUT2D eigenvalue weighted by Gasteiger charge is -2.13. The SMILES string of the molecule is Cc1c(NC(=O)NCCc2cccnc2)cn2ncc(N)c(Nc3ccc(Oc4ccccc4)cc3)c12. The molecule has 5 aromatic rings. The van der Waals surface area contributed by atoms with E-state index in [4.69, 9.17) is 10.5 Å². The van der Waals surface area contributed by atoms with Gasteiger partial charge in [0.2, 0.25) is 0 Å². The highest BCUT2D eigenvalue weighted by atomic mass is 16.5. The van der Waals surface area contributed by atoms with Gasteiger partial charge in [-0.15, -0.1) is 0 Å². The predicted molar refractivity (Wildman–Crippen MR) is 146 cm³/mol. The van der Waals surface area contributed by atoms with Crippen LogP contribution in [0.2, 0.25) is 0 Å². The van der Waals surface area contributed by atoms with Gasteiger partial charge in [-0.1, -0.05) is 24.3 Å². The molecule has 0 fully saturated rings. The first-order valence-corrected chi connectivity index (χ1v) is 11.9. The van der Waals surface area contributed by atoms with Crippen LogP contribution >= 0.6 is 0 Å². The van der Waals surface area contributed by atoms with E-state index >= 15 is 0 Å². The maximum atomic E-state index is 12.5. The summed E-state index contributed by atoms with van der Waals surface area (Å²) in [6.07, 6.45) is 7.56. The molecule has 2 aromatic carbocycles. The van der Waals surface area contributed by atoms with Gasteiger partial charge in [-0.2, -0.15) is 5.10 Å². The van der Waals surface area contributed by atoms with E-state index in [2.05, 4.69) is 26.0 Å². The molecule has 0 aliphatic heterocycles. The third-order valence-corrected chi connectivity index (χ3v) is 5.86. The monoisotopic (exact) mass is 493 g/mol. The topological polar surface area (TPSA) is 119 Å². The number of carbonyl (C=O) groups excluding carboxylic acids is 1. The molecule has 0 aliphatic rings. The van der Waals surface area contributed by atoms with Crippen molar-refractivity contribution < 1.29 is 9.53 Å². The van der Waals surface area contributed by atoms with Crippen LogP contribution in [0, 0.1) is 6.92 Å². The largest absolute Gasteiger partial charge is 0.457 e. The van der Waals surface area contributed by atoms with E-state index in [9.17, 15) is 4.79 Å². The number of aromatic nitrogens is 3. The Morgan fingerprint density at radius 1 is 1.00 bits per heavy atom. The molecule has 0 bridgehead atoms. The van der Waals surface area contributed by atoms with Crippen LogP contribution in [0.1, 0.15) is 11.1 Å². The van der Waals surface area contributed by atoms with Crippen molar-refractivity contribution in [3.05, 3.63) is 103 Å². The summed E-state index contributed by atoms with van der Waals surface area (Å²) in [5, 5.41) is 13.6. The molecule has 0 spiro atoms. The number of para-hydroxylation sites is 1. The van der Waals surface area contributed by atoms with Gasteiger partial charge >= 0.3 is 6.03 Å². The number of fused-ring (bicyclic) bond motifs is 1. The van der Waals surface area contributed by atoms with E-state index in [0.717, 1.165) is 33.8 Å². The molecule has 2 amide bonds. The summed E-state index contributed by atoms with van der Waals surface area (Å²) in [7, 11) is 0. The van der Waals surface area contributed by atoms with Crippen molar-refractivity contribution in [2.45, 2.75) is 13.3 Å². The van der Waals surface area contributed by atoms with Crippen molar-refractivity contribution in [2.75, 3.05) is 22.9 Å². The number of nitrogens with one attached hydrogen (secondary N) is 3. The second kappa shape index (κ2) is 10.7. The molecule has 0 radical (unpaired) electrons. The van der Waals surface area contributed by atoms with Gasteiger partial charge in [-0.25, -0.2) is 9.31 Å². The Morgan fingerprint density at radius 3 is 2.54 bits per heavy atom.